The van der Waals surface area contributed by atoms with Crippen LogP contribution in [0.2, 0.25) is 0 Å². The molecular weight excluding hydrogens is 186 g/mol. The van der Waals surface area contributed by atoms with Crippen LogP contribution in [0.25, 0.3) is 0 Å². The van der Waals surface area contributed by atoms with E-state index in [2.05, 4.69) is 12.6 Å². The first-order valence-electron chi connectivity index (χ1n) is 4.46. The van der Waals surface area contributed by atoms with E-state index in [-0.39, 0.29) is 5.91 Å². The van der Waals surface area contributed by atoms with Crippen LogP contribution < -0.4 is 0 Å². The summed E-state index contributed by atoms with van der Waals surface area (Å²) in [4.78, 5) is 13.2. The molecule has 0 aromatic carbocycles. The van der Waals surface area contributed by atoms with E-state index in [1.54, 1.807) is 0 Å². The van der Waals surface area contributed by atoms with Crippen LogP contribution in [0, 0.1) is 0 Å². The Balaban J connectivity index is 2.36. The summed E-state index contributed by atoms with van der Waals surface area (Å²) in [6.45, 7) is 2.60. The molecule has 0 unspecified atom stereocenters. The van der Waals surface area contributed by atoms with Gasteiger partial charge in [0.05, 0.1) is 19.6 Å². The van der Waals surface area contributed by atoms with E-state index in [0.717, 1.165) is 5.75 Å². The van der Waals surface area contributed by atoms with Crippen molar-refractivity contribution in [2.45, 2.75) is 6.42 Å². The van der Waals surface area contributed by atoms with E-state index in [4.69, 9.17) is 4.74 Å². The lowest BCUT2D eigenvalue weighted by Crippen LogP contribution is -2.31. The molecule has 0 spiro atoms. The summed E-state index contributed by atoms with van der Waals surface area (Å²) in [6, 6.07) is 0. The Hall–Kier alpha value is -0.480. The van der Waals surface area contributed by atoms with Crippen LogP contribution in [0.5, 0.6) is 0 Å². The van der Waals surface area contributed by atoms with Crippen LogP contribution in [-0.4, -0.2) is 42.9 Å². The minimum Gasteiger partial charge on any atom is -0.379 e. The molecule has 1 aliphatic heterocycles. The number of hydrogen-bond donors (Lipinski definition) is 1. The SMILES string of the molecule is O=C1CCOCCN1C/C=C/CS. The van der Waals surface area contributed by atoms with Gasteiger partial charge in [-0.1, -0.05) is 12.2 Å². The first-order chi connectivity index (χ1) is 6.34. The fourth-order valence-corrected chi connectivity index (χ4v) is 1.34. The van der Waals surface area contributed by atoms with Crippen molar-refractivity contribution >= 4 is 18.5 Å². The predicted octanol–water partition coefficient (Wildman–Crippen LogP) is 0.721. The Labute approximate surface area is 84.2 Å². The number of carbonyl (C=O) groups is 1. The highest BCUT2D eigenvalue weighted by molar-refractivity contribution is 7.80. The summed E-state index contributed by atoms with van der Waals surface area (Å²) < 4.78 is 5.20. The quantitative estimate of drug-likeness (QED) is 0.538. The van der Waals surface area contributed by atoms with Gasteiger partial charge in [-0.3, -0.25) is 4.79 Å². The second-order valence-electron chi connectivity index (χ2n) is 2.86. The maximum atomic E-state index is 11.4. The zero-order chi connectivity index (χ0) is 9.52. The number of thiol groups is 1. The van der Waals surface area contributed by atoms with E-state index in [0.29, 0.717) is 32.7 Å². The van der Waals surface area contributed by atoms with Crippen molar-refractivity contribution in [3.05, 3.63) is 12.2 Å². The molecule has 0 aliphatic carbocycles. The van der Waals surface area contributed by atoms with Crippen molar-refractivity contribution in [2.24, 2.45) is 0 Å². The van der Waals surface area contributed by atoms with E-state index in [1.807, 2.05) is 17.1 Å². The molecule has 1 heterocycles. The largest absolute Gasteiger partial charge is 0.379 e. The van der Waals surface area contributed by atoms with Crippen LogP contribution in [-0.2, 0) is 9.53 Å². The number of carbonyl (C=O) groups excluding carboxylic acids is 1. The van der Waals surface area contributed by atoms with Gasteiger partial charge in [-0.25, -0.2) is 0 Å². The summed E-state index contributed by atoms with van der Waals surface area (Å²) in [6.07, 6.45) is 4.42. The number of amides is 1. The predicted molar refractivity (Wildman–Crippen MR) is 55.0 cm³/mol. The topological polar surface area (TPSA) is 29.5 Å². The first-order valence-corrected chi connectivity index (χ1v) is 5.09. The molecule has 1 fully saturated rings. The smallest absolute Gasteiger partial charge is 0.225 e. The first kappa shape index (κ1) is 10.6. The maximum absolute atomic E-state index is 11.4. The molecule has 74 valence electrons. The minimum absolute atomic E-state index is 0.182. The molecule has 13 heavy (non-hydrogen) atoms. The number of hydrogen-bond acceptors (Lipinski definition) is 3. The van der Waals surface area contributed by atoms with Crippen LogP contribution in [0.1, 0.15) is 6.42 Å². The average molecular weight is 201 g/mol. The molecule has 0 bridgehead atoms. The Morgan fingerprint density at radius 2 is 2.31 bits per heavy atom. The molecule has 0 aromatic rings. The van der Waals surface area contributed by atoms with Gasteiger partial charge in [0.1, 0.15) is 0 Å². The molecule has 1 rings (SSSR count). The number of nitrogens with zero attached hydrogens (tertiary/aromatic N) is 1. The molecule has 4 heteroatoms. The fraction of sp³-hybridized carbons (Fsp3) is 0.667. The maximum Gasteiger partial charge on any atom is 0.225 e. The number of rotatable bonds is 3. The highest BCUT2D eigenvalue weighted by Crippen LogP contribution is 2.00. The molecule has 1 aliphatic rings. The van der Waals surface area contributed by atoms with Gasteiger partial charge in [-0.05, 0) is 0 Å². The molecule has 1 saturated heterocycles. The monoisotopic (exact) mass is 201 g/mol. The summed E-state index contributed by atoms with van der Waals surface area (Å²) in [5.41, 5.74) is 0. The minimum atomic E-state index is 0.182. The van der Waals surface area contributed by atoms with Crippen molar-refractivity contribution in [3.63, 3.8) is 0 Å². The van der Waals surface area contributed by atoms with Crippen molar-refractivity contribution in [1.82, 2.24) is 4.90 Å². The van der Waals surface area contributed by atoms with Crippen molar-refractivity contribution in [3.8, 4) is 0 Å². The third-order valence-electron chi connectivity index (χ3n) is 1.92. The standard InChI is InChI=1S/C9H15NO2S/c11-9-3-6-12-7-5-10(9)4-1-2-8-13/h1-2,13H,3-8H2/b2-1+. The van der Waals surface area contributed by atoms with Gasteiger partial charge < -0.3 is 9.64 Å². The van der Waals surface area contributed by atoms with Crippen LogP contribution >= 0.6 is 12.6 Å². The third kappa shape index (κ3) is 3.83. The number of ether oxygens (including phenoxy) is 1. The Bertz CT molecular complexity index is 194. The van der Waals surface area contributed by atoms with Gasteiger partial charge in [-0.15, -0.1) is 0 Å². The molecule has 0 aromatic heterocycles. The van der Waals surface area contributed by atoms with E-state index < -0.39 is 0 Å². The molecule has 1 amide bonds. The van der Waals surface area contributed by atoms with Gasteiger partial charge in [-0.2, -0.15) is 12.6 Å². The van der Waals surface area contributed by atoms with E-state index in [1.165, 1.54) is 0 Å². The Kier molecular flexibility index (Phi) is 4.93. The van der Waals surface area contributed by atoms with Crippen molar-refractivity contribution < 1.29 is 9.53 Å². The van der Waals surface area contributed by atoms with Gasteiger partial charge in [0.2, 0.25) is 5.91 Å². The summed E-state index contributed by atoms with van der Waals surface area (Å²) in [7, 11) is 0. The molecule has 0 saturated carbocycles. The summed E-state index contributed by atoms with van der Waals surface area (Å²) in [5.74, 6) is 0.903. The summed E-state index contributed by atoms with van der Waals surface area (Å²) >= 11 is 4.05. The molecule has 0 N–H and O–H groups in total. The van der Waals surface area contributed by atoms with Gasteiger partial charge in [0.15, 0.2) is 0 Å². The highest BCUT2D eigenvalue weighted by Gasteiger charge is 2.14. The zero-order valence-corrected chi connectivity index (χ0v) is 8.50. The average Bonchev–Trinajstić information content (AvgIpc) is 2.32. The molecular formula is C9H15NO2S. The molecule has 3 nitrogen and oxygen atoms in total. The van der Waals surface area contributed by atoms with Crippen molar-refractivity contribution in [1.29, 1.82) is 0 Å². The van der Waals surface area contributed by atoms with Crippen LogP contribution in [0.3, 0.4) is 0 Å². The van der Waals surface area contributed by atoms with Crippen LogP contribution in [0.15, 0.2) is 12.2 Å². The van der Waals surface area contributed by atoms with Gasteiger partial charge in [0, 0.05) is 18.8 Å². The van der Waals surface area contributed by atoms with Gasteiger partial charge in [0.25, 0.3) is 0 Å². The zero-order valence-electron chi connectivity index (χ0n) is 7.61. The van der Waals surface area contributed by atoms with Crippen molar-refractivity contribution in [2.75, 3.05) is 32.1 Å². The Morgan fingerprint density at radius 1 is 1.46 bits per heavy atom. The fourth-order valence-electron chi connectivity index (χ4n) is 1.19. The highest BCUT2D eigenvalue weighted by atomic mass is 32.1. The second-order valence-corrected chi connectivity index (χ2v) is 3.22. The second kappa shape index (κ2) is 6.05. The van der Waals surface area contributed by atoms with E-state index >= 15 is 0 Å². The van der Waals surface area contributed by atoms with E-state index in [9.17, 15) is 4.79 Å². The lowest BCUT2D eigenvalue weighted by Gasteiger charge is -2.17. The molecule has 0 radical (unpaired) electrons. The molecule has 0 atom stereocenters. The Morgan fingerprint density at radius 3 is 3.08 bits per heavy atom. The summed E-state index contributed by atoms with van der Waals surface area (Å²) in [5, 5.41) is 0. The lowest BCUT2D eigenvalue weighted by molar-refractivity contribution is -0.129. The van der Waals surface area contributed by atoms with Crippen LogP contribution in [0.4, 0.5) is 0 Å². The third-order valence-corrected chi connectivity index (χ3v) is 2.13. The normalized spacial score (nSPS) is 19.5. The van der Waals surface area contributed by atoms with Gasteiger partial charge >= 0.3 is 0 Å². The lowest BCUT2D eigenvalue weighted by atomic mass is 10.3.